The molecule has 0 radical (unpaired) electrons. The van der Waals surface area contributed by atoms with E-state index in [1.54, 1.807) is 14.0 Å². The molecule has 7 nitrogen and oxygen atoms in total. The summed E-state index contributed by atoms with van der Waals surface area (Å²) in [5.74, 6) is -2.35. The van der Waals surface area contributed by atoms with Gasteiger partial charge < -0.3 is 19.8 Å². The molecule has 0 fully saturated rings. The zero-order valence-corrected chi connectivity index (χ0v) is 19.3. The summed E-state index contributed by atoms with van der Waals surface area (Å²) in [5.41, 5.74) is -0.415. The first-order valence-corrected chi connectivity index (χ1v) is 11.4. The summed E-state index contributed by atoms with van der Waals surface area (Å²) in [6, 6.07) is 16.9. The molecule has 0 aliphatic rings. The van der Waals surface area contributed by atoms with Crippen LogP contribution in [-0.4, -0.2) is 57.4 Å². The number of hydrogen-bond acceptors (Lipinski definition) is 5. The lowest BCUT2D eigenvalue weighted by Crippen LogP contribution is -2.63. The molecule has 0 unspecified atom stereocenters. The van der Waals surface area contributed by atoms with Crippen molar-refractivity contribution in [3.05, 3.63) is 65.7 Å². The van der Waals surface area contributed by atoms with Crippen LogP contribution in [-0.2, 0) is 26.6 Å². The summed E-state index contributed by atoms with van der Waals surface area (Å²) >= 11 is 1.37. The zero-order chi connectivity index (χ0) is 23.7. The predicted molar refractivity (Wildman–Crippen MR) is 124 cm³/mol. The lowest BCUT2D eigenvalue weighted by Gasteiger charge is -2.38. The van der Waals surface area contributed by atoms with Gasteiger partial charge in [0.05, 0.1) is 12.4 Å². The van der Waals surface area contributed by atoms with E-state index < -0.39 is 28.6 Å². The van der Waals surface area contributed by atoms with E-state index in [2.05, 4.69) is 0 Å². The number of carboxylic acid groups (broad SMARTS) is 2. The molecule has 0 aliphatic carbocycles. The second-order valence-corrected chi connectivity index (χ2v) is 8.44. The van der Waals surface area contributed by atoms with Crippen LogP contribution in [0.1, 0.15) is 31.4 Å². The van der Waals surface area contributed by atoms with E-state index in [-0.39, 0.29) is 13.0 Å². The van der Waals surface area contributed by atoms with Crippen molar-refractivity contribution in [3.63, 3.8) is 0 Å². The number of nitrogens with zero attached hydrogens (tertiary/aromatic N) is 1. The molecule has 1 amide bonds. The normalized spacial score (nSPS) is 12.1. The standard InChI is InChI=1S/C24H29NO6S/c1-4-24(22(27)28,23(29)30)25(5-2)21(26)20(15-17-9-7-6-8-10-17)32-16-18-11-13-19(31-3)14-12-18/h6-14,20H,4-5,15-16H2,1-3H3,(H,27,28)(H,29,30)/t20-/m0/s1. The van der Waals surface area contributed by atoms with Gasteiger partial charge in [0.2, 0.25) is 11.4 Å². The number of aliphatic carboxylic acids is 2. The number of amides is 1. The van der Waals surface area contributed by atoms with Crippen molar-refractivity contribution < 1.29 is 29.3 Å². The van der Waals surface area contributed by atoms with Crippen LogP contribution in [0.25, 0.3) is 0 Å². The number of likely N-dealkylation sites (N-methyl/N-ethyl adjacent to an activating group) is 1. The highest BCUT2D eigenvalue weighted by Crippen LogP contribution is 2.29. The summed E-state index contributed by atoms with van der Waals surface area (Å²) in [5, 5.41) is 18.9. The second kappa shape index (κ2) is 11.6. The van der Waals surface area contributed by atoms with E-state index >= 15 is 0 Å². The topological polar surface area (TPSA) is 104 Å². The first kappa shape index (κ1) is 25.3. The van der Waals surface area contributed by atoms with Crippen LogP contribution in [0, 0.1) is 0 Å². The fraction of sp³-hybridized carbons (Fsp3) is 0.375. The van der Waals surface area contributed by atoms with Crippen LogP contribution in [0.4, 0.5) is 0 Å². The molecule has 8 heteroatoms. The molecular formula is C24H29NO6S. The third-order valence-electron chi connectivity index (χ3n) is 5.41. The minimum Gasteiger partial charge on any atom is -0.497 e. The monoisotopic (exact) mass is 459 g/mol. The Labute approximate surface area is 192 Å². The number of thioether (sulfide) groups is 1. The van der Waals surface area contributed by atoms with Gasteiger partial charge >= 0.3 is 11.9 Å². The Morgan fingerprint density at radius 1 is 0.969 bits per heavy atom. The van der Waals surface area contributed by atoms with Crippen LogP contribution in [0.15, 0.2) is 54.6 Å². The maximum Gasteiger partial charge on any atom is 0.341 e. The number of carbonyl (C=O) groups excluding carboxylic acids is 1. The molecule has 0 aliphatic heterocycles. The maximum absolute atomic E-state index is 13.6. The van der Waals surface area contributed by atoms with Gasteiger partial charge in [0.25, 0.3) is 0 Å². The van der Waals surface area contributed by atoms with Crippen molar-refractivity contribution in [2.75, 3.05) is 13.7 Å². The van der Waals surface area contributed by atoms with E-state index in [1.807, 2.05) is 54.6 Å². The molecule has 0 saturated carbocycles. The average Bonchev–Trinajstić information content (AvgIpc) is 2.80. The summed E-state index contributed by atoms with van der Waals surface area (Å²) in [7, 11) is 1.59. The SMILES string of the molecule is CCN(C(=O)[C@H](Cc1ccccc1)SCc1ccc(OC)cc1)C(CC)(C(=O)O)C(=O)O. The van der Waals surface area contributed by atoms with Crippen LogP contribution < -0.4 is 4.74 Å². The molecule has 0 spiro atoms. The number of methoxy groups -OCH3 is 1. The summed E-state index contributed by atoms with van der Waals surface area (Å²) < 4.78 is 5.17. The summed E-state index contributed by atoms with van der Waals surface area (Å²) in [6.45, 7) is 3.04. The molecule has 2 aromatic carbocycles. The summed E-state index contributed by atoms with van der Waals surface area (Å²) in [6.07, 6.45) is 0.120. The molecule has 0 bridgehead atoms. The van der Waals surface area contributed by atoms with Crippen molar-refractivity contribution in [2.24, 2.45) is 0 Å². The molecule has 172 valence electrons. The maximum atomic E-state index is 13.6. The Morgan fingerprint density at radius 2 is 1.56 bits per heavy atom. The molecule has 0 saturated heterocycles. The molecule has 2 aromatic rings. The Hall–Kier alpha value is -3.00. The van der Waals surface area contributed by atoms with Gasteiger partial charge in [-0.3, -0.25) is 4.79 Å². The third kappa shape index (κ3) is 5.62. The highest BCUT2D eigenvalue weighted by molar-refractivity contribution is 7.99. The number of rotatable bonds is 12. The molecule has 0 aromatic heterocycles. The molecule has 1 atom stereocenters. The fourth-order valence-electron chi connectivity index (χ4n) is 3.57. The minimum atomic E-state index is -2.30. The number of hydrogen-bond donors (Lipinski definition) is 2. The lowest BCUT2D eigenvalue weighted by molar-refractivity contribution is -0.173. The van der Waals surface area contributed by atoms with Gasteiger partial charge in [-0.1, -0.05) is 49.4 Å². The Kier molecular flexibility index (Phi) is 9.13. The van der Waals surface area contributed by atoms with Crippen molar-refractivity contribution in [3.8, 4) is 5.75 Å². The molecule has 2 N–H and O–H groups in total. The first-order chi connectivity index (χ1) is 15.3. The van der Waals surface area contributed by atoms with Gasteiger partial charge in [-0.25, -0.2) is 9.59 Å². The first-order valence-electron chi connectivity index (χ1n) is 10.4. The minimum absolute atomic E-state index is 0.0281. The van der Waals surface area contributed by atoms with Crippen LogP contribution in [0.2, 0.25) is 0 Å². The average molecular weight is 460 g/mol. The van der Waals surface area contributed by atoms with Gasteiger partial charge in [0.1, 0.15) is 5.75 Å². The van der Waals surface area contributed by atoms with Gasteiger partial charge in [-0.15, -0.1) is 11.8 Å². The highest BCUT2D eigenvalue weighted by Gasteiger charge is 2.52. The number of ether oxygens (including phenoxy) is 1. The molecule has 32 heavy (non-hydrogen) atoms. The number of carbonyl (C=O) groups is 3. The van der Waals surface area contributed by atoms with Gasteiger partial charge in [0, 0.05) is 12.3 Å². The quantitative estimate of drug-likeness (QED) is 0.466. The van der Waals surface area contributed by atoms with Crippen molar-refractivity contribution in [1.82, 2.24) is 4.90 Å². The van der Waals surface area contributed by atoms with E-state index in [0.717, 1.165) is 21.8 Å². The largest absolute Gasteiger partial charge is 0.497 e. The smallest absolute Gasteiger partial charge is 0.341 e. The molecule has 2 rings (SSSR count). The van der Waals surface area contributed by atoms with Gasteiger partial charge in [0.15, 0.2) is 0 Å². The van der Waals surface area contributed by atoms with E-state index in [4.69, 9.17) is 4.74 Å². The molecule has 0 heterocycles. The van der Waals surface area contributed by atoms with Crippen LogP contribution >= 0.6 is 11.8 Å². The van der Waals surface area contributed by atoms with Gasteiger partial charge in [-0.05, 0) is 43.0 Å². The lowest BCUT2D eigenvalue weighted by atomic mass is 9.92. The van der Waals surface area contributed by atoms with Crippen LogP contribution in [0.5, 0.6) is 5.75 Å². The van der Waals surface area contributed by atoms with Crippen molar-refractivity contribution in [2.45, 2.75) is 43.2 Å². The molecular weight excluding hydrogens is 430 g/mol. The fourth-order valence-corrected chi connectivity index (χ4v) is 4.73. The van der Waals surface area contributed by atoms with Crippen molar-refractivity contribution in [1.29, 1.82) is 0 Å². The zero-order valence-electron chi connectivity index (χ0n) is 18.5. The Balaban J connectivity index is 2.35. The van der Waals surface area contributed by atoms with Gasteiger partial charge in [-0.2, -0.15) is 0 Å². The number of carboxylic acids is 2. The van der Waals surface area contributed by atoms with Crippen LogP contribution in [0.3, 0.4) is 0 Å². The Morgan fingerprint density at radius 3 is 2.03 bits per heavy atom. The van der Waals surface area contributed by atoms with E-state index in [0.29, 0.717) is 12.2 Å². The second-order valence-electron chi connectivity index (χ2n) is 7.24. The van der Waals surface area contributed by atoms with E-state index in [1.165, 1.54) is 18.7 Å². The highest BCUT2D eigenvalue weighted by atomic mass is 32.2. The van der Waals surface area contributed by atoms with Crippen molar-refractivity contribution >= 4 is 29.6 Å². The summed E-state index contributed by atoms with van der Waals surface area (Å²) in [4.78, 5) is 38.6. The van der Waals surface area contributed by atoms with E-state index in [9.17, 15) is 24.6 Å². The number of benzene rings is 2. The Bertz CT molecular complexity index is 902. The third-order valence-corrected chi connectivity index (χ3v) is 6.68. The predicted octanol–water partition coefficient (Wildman–Crippen LogP) is 3.71.